The van der Waals surface area contributed by atoms with E-state index < -0.39 is 5.41 Å². The summed E-state index contributed by atoms with van der Waals surface area (Å²) in [6, 6.07) is 6.45. The lowest BCUT2D eigenvalue weighted by Crippen LogP contribution is -2.29. The van der Waals surface area contributed by atoms with Crippen LogP contribution in [0, 0.1) is 5.82 Å². The molecular formula is C18H17FN4O2. The first kappa shape index (κ1) is 14.8. The van der Waals surface area contributed by atoms with Crippen molar-refractivity contribution in [3.63, 3.8) is 0 Å². The highest BCUT2D eigenvalue weighted by atomic mass is 19.1. The highest BCUT2D eigenvalue weighted by molar-refractivity contribution is 5.56. The van der Waals surface area contributed by atoms with Crippen LogP contribution in [0.4, 0.5) is 4.39 Å². The predicted octanol–water partition coefficient (Wildman–Crippen LogP) is 2.79. The van der Waals surface area contributed by atoms with E-state index in [2.05, 4.69) is 20.3 Å². The Bertz CT molecular complexity index is 910. The topological polar surface area (TPSA) is 76.8 Å². The maximum Gasteiger partial charge on any atom is 0.278 e. The molecule has 2 aliphatic rings. The minimum Gasteiger partial charge on any atom is -0.380 e. The second-order valence-electron chi connectivity index (χ2n) is 6.70. The Labute approximate surface area is 143 Å². The molecule has 3 aromatic rings. The Balaban J connectivity index is 1.57. The molecule has 3 heterocycles. The SMILES string of the molecule is Fc1ccc(C2(c3noc(-c4n[nH]c5c4CCC5)n3)CCOC2)cc1. The monoisotopic (exact) mass is 340 g/mol. The van der Waals surface area contributed by atoms with E-state index >= 15 is 0 Å². The molecule has 0 radical (unpaired) electrons. The van der Waals surface area contributed by atoms with Gasteiger partial charge in [-0.2, -0.15) is 10.1 Å². The molecule has 1 fully saturated rings. The summed E-state index contributed by atoms with van der Waals surface area (Å²) < 4.78 is 24.5. The Morgan fingerprint density at radius 2 is 2.04 bits per heavy atom. The summed E-state index contributed by atoms with van der Waals surface area (Å²) >= 11 is 0. The second-order valence-corrected chi connectivity index (χ2v) is 6.70. The third kappa shape index (κ3) is 2.22. The summed E-state index contributed by atoms with van der Waals surface area (Å²) in [4.78, 5) is 4.65. The number of benzene rings is 1. The molecule has 1 aromatic carbocycles. The van der Waals surface area contributed by atoms with Gasteiger partial charge in [0, 0.05) is 17.9 Å². The van der Waals surface area contributed by atoms with Gasteiger partial charge in [-0.05, 0) is 43.4 Å². The number of aromatic amines is 1. The van der Waals surface area contributed by atoms with Crippen molar-refractivity contribution in [1.82, 2.24) is 20.3 Å². The Morgan fingerprint density at radius 1 is 1.16 bits per heavy atom. The van der Waals surface area contributed by atoms with Crippen LogP contribution in [0.25, 0.3) is 11.6 Å². The van der Waals surface area contributed by atoms with Gasteiger partial charge in [0.25, 0.3) is 5.89 Å². The van der Waals surface area contributed by atoms with Crippen LogP contribution in [0.2, 0.25) is 0 Å². The number of nitrogens with zero attached hydrogens (tertiary/aromatic N) is 3. The van der Waals surface area contributed by atoms with Crippen molar-refractivity contribution in [2.45, 2.75) is 31.1 Å². The van der Waals surface area contributed by atoms with Crippen LogP contribution >= 0.6 is 0 Å². The summed E-state index contributed by atoms with van der Waals surface area (Å²) in [7, 11) is 0. The zero-order chi connectivity index (χ0) is 16.9. The first-order chi connectivity index (χ1) is 12.3. The number of aryl methyl sites for hydroxylation is 1. The third-order valence-corrected chi connectivity index (χ3v) is 5.28. The fourth-order valence-electron chi connectivity index (χ4n) is 3.88. The first-order valence-corrected chi connectivity index (χ1v) is 8.51. The molecule has 5 rings (SSSR count). The summed E-state index contributed by atoms with van der Waals surface area (Å²) in [5.74, 6) is 0.739. The number of rotatable bonds is 3. The van der Waals surface area contributed by atoms with Gasteiger partial charge >= 0.3 is 0 Å². The molecule has 1 unspecified atom stereocenters. The number of ether oxygens (including phenoxy) is 1. The molecule has 0 bridgehead atoms. The maximum absolute atomic E-state index is 13.3. The van der Waals surface area contributed by atoms with Gasteiger partial charge in [-0.25, -0.2) is 4.39 Å². The number of aromatic nitrogens is 4. The number of hydrogen-bond donors (Lipinski definition) is 1. The molecule has 1 saturated heterocycles. The number of halogens is 1. The van der Waals surface area contributed by atoms with Crippen molar-refractivity contribution in [1.29, 1.82) is 0 Å². The number of H-pyrrole nitrogens is 1. The molecule has 6 nitrogen and oxygen atoms in total. The number of fused-ring (bicyclic) bond motifs is 1. The van der Waals surface area contributed by atoms with Crippen LogP contribution < -0.4 is 0 Å². The molecule has 2 aromatic heterocycles. The highest BCUT2D eigenvalue weighted by Gasteiger charge is 2.43. The molecule has 25 heavy (non-hydrogen) atoms. The smallest absolute Gasteiger partial charge is 0.278 e. The zero-order valence-corrected chi connectivity index (χ0v) is 13.6. The molecular weight excluding hydrogens is 323 g/mol. The molecule has 1 atom stereocenters. The first-order valence-electron chi connectivity index (χ1n) is 8.51. The van der Waals surface area contributed by atoms with Gasteiger partial charge in [-0.3, -0.25) is 5.10 Å². The van der Waals surface area contributed by atoms with E-state index in [1.165, 1.54) is 17.7 Å². The average Bonchev–Trinajstić information content (AvgIpc) is 3.38. The Hall–Kier alpha value is -2.54. The van der Waals surface area contributed by atoms with Crippen LogP contribution in [-0.4, -0.2) is 33.6 Å². The molecule has 128 valence electrons. The average molecular weight is 340 g/mol. The molecule has 0 spiro atoms. The number of hydrogen-bond acceptors (Lipinski definition) is 5. The predicted molar refractivity (Wildman–Crippen MR) is 86.5 cm³/mol. The van der Waals surface area contributed by atoms with Gasteiger partial charge in [-0.15, -0.1) is 0 Å². The molecule has 1 aliphatic heterocycles. The van der Waals surface area contributed by atoms with Crippen molar-refractivity contribution in [3.8, 4) is 11.6 Å². The lowest BCUT2D eigenvalue weighted by molar-refractivity contribution is 0.182. The minimum atomic E-state index is -0.505. The summed E-state index contributed by atoms with van der Waals surface area (Å²) in [5, 5.41) is 11.7. The van der Waals surface area contributed by atoms with Crippen LogP contribution in [-0.2, 0) is 23.0 Å². The third-order valence-electron chi connectivity index (χ3n) is 5.28. The molecule has 0 amide bonds. The fraction of sp³-hybridized carbons (Fsp3) is 0.389. The molecule has 1 aliphatic carbocycles. The standard InChI is InChI=1S/C18H17FN4O2/c19-12-6-4-11(5-7-12)18(8-9-24-10-18)17-20-16(25-23-17)15-13-2-1-3-14(13)21-22-15/h4-7H,1-3,8-10H2,(H,21,22). The van der Waals surface area contributed by atoms with Crippen molar-refractivity contribution < 1.29 is 13.7 Å². The van der Waals surface area contributed by atoms with Crippen molar-refractivity contribution in [2.24, 2.45) is 0 Å². The van der Waals surface area contributed by atoms with Crippen LogP contribution in [0.5, 0.6) is 0 Å². The molecule has 0 saturated carbocycles. The zero-order valence-electron chi connectivity index (χ0n) is 13.6. The van der Waals surface area contributed by atoms with E-state index in [-0.39, 0.29) is 5.82 Å². The highest BCUT2D eigenvalue weighted by Crippen LogP contribution is 2.39. The van der Waals surface area contributed by atoms with Gasteiger partial charge in [0.05, 0.1) is 12.0 Å². The van der Waals surface area contributed by atoms with E-state index in [1.54, 1.807) is 12.1 Å². The minimum absolute atomic E-state index is 0.265. The lowest BCUT2D eigenvalue weighted by atomic mass is 9.79. The van der Waals surface area contributed by atoms with E-state index in [1.807, 2.05) is 0 Å². The normalized spacial score (nSPS) is 22.4. The van der Waals surface area contributed by atoms with Crippen LogP contribution in [0.15, 0.2) is 28.8 Å². The maximum atomic E-state index is 13.3. The van der Waals surface area contributed by atoms with E-state index in [4.69, 9.17) is 9.26 Å². The van der Waals surface area contributed by atoms with Crippen LogP contribution in [0.1, 0.15) is 35.5 Å². The lowest BCUT2D eigenvalue weighted by Gasteiger charge is -2.23. The van der Waals surface area contributed by atoms with Gasteiger partial charge < -0.3 is 9.26 Å². The van der Waals surface area contributed by atoms with Gasteiger partial charge in [0.1, 0.15) is 5.82 Å². The Morgan fingerprint density at radius 3 is 2.84 bits per heavy atom. The van der Waals surface area contributed by atoms with Gasteiger partial charge in [-0.1, -0.05) is 17.3 Å². The summed E-state index contributed by atoms with van der Waals surface area (Å²) in [6.07, 6.45) is 3.84. The fourth-order valence-corrected chi connectivity index (χ4v) is 3.88. The van der Waals surface area contributed by atoms with E-state index in [0.717, 1.165) is 42.6 Å². The van der Waals surface area contributed by atoms with Crippen molar-refractivity contribution in [3.05, 3.63) is 52.7 Å². The van der Waals surface area contributed by atoms with Crippen molar-refractivity contribution in [2.75, 3.05) is 13.2 Å². The van der Waals surface area contributed by atoms with Gasteiger partial charge in [0.15, 0.2) is 11.5 Å². The summed E-state index contributed by atoms with van der Waals surface area (Å²) in [5.41, 5.74) is 3.51. The number of nitrogens with one attached hydrogen (secondary N) is 1. The molecule has 1 N–H and O–H groups in total. The van der Waals surface area contributed by atoms with Gasteiger partial charge in [0.2, 0.25) is 0 Å². The van der Waals surface area contributed by atoms with E-state index in [0.29, 0.717) is 24.9 Å². The Kier molecular flexibility index (Phi) is 3.24. The van der Waals surface area contributed by atoms with Crippen molar-refractivity contribution >= 4 is 0 Å². The molecule has 7 heteroatoms. The van der Waals surface area contributed by atoms with E-state index in [9.17, 15) is 4.39 Å². The largest absolute Gasteiger partial charge is 0.380 e. The quantitative estimate of drug-likeness (QED) is 0.793. The van der Waals surface area contributed by atoms with Crippen LogP contribution in [0.3, 0.4) is 0 Å². The second kappa shape index (κ2) is 5.49. The summed E-state index contributed by atoms with van der Waals surface area (Å²) in [6.45, 7) is 1.06.